The van der Waals surface area contributed by atoms with Gasteiger partial charge in [-0.15, -0.1) is 11.3 Å². The van der Waals surface area contributed by atoms with Crippen LogP contribution in [0.2, 0.25) is 0 Å². The molecule has 24 heavy (non-hydrogen) atoms. The van der Waals surface area contributed by atoms with Crippen LogP contribution in [0.4, 0.5) is 4.39 Å². The zero-order chi connectivity index (χ0) is 17.5. The Balaban J connectivity index is 1.86. The van der Waals surface area contributed by atoms with Crippen LogP contribution in [0, 0.1) is 5.82 Å². The SMILES string of the molecule is CN(C)C=CC(=O)c1ccc(C(=O)NCCc2ccc(F)cc2)s1. The van der Waals surface area contributed by atoms with Crippen LogP contribution in [0.1, 0.15) is 24.9 Å². The van der Waals surface area contributed by atoms with Gasteiger partial charge in [-0.1, -0.05) is 12.1 Å². The van der Waals surface area contributed by atoms with E-state index >= 15 is 0 Å². The van der Waals surface area contributed by atoms with Crippen LogP contribution in [0.3, 0.4) is 0 Å². The van der Waals surface area contributed by atoms with Crippen LogP contribution in [-0.4, -0.2) is 37.2 Å². The first kappa shape index (κ1) is 17.9. The van der Waals surface area contributed by atoms with Crippen molar-refractivity contribution < 1.29 is 14.0 Å². The molecule has 126 valence electrons. The molecule has 0 aliphatic rings. The molecule has 6 heteroatoms. The smallest absolute Gasteiger partial charge is 0.261 e. The van der Waals surface area contributed by atoms with Crippen LogP contribution in [0.15, 0.2) is 48.7 Å². The number of carbonyl (C=O) groups is 2. The second-order valence-corrected chi connectivity index (χ2v) is 6.52. The number of nitrogens with one attached hydrogen (secondary N) is 1. The monoisotopic (exact) mass is 346 g/mol. The number of nitrogens with zero attached hydrogens (tertiary/aromatic N) is 1. The third-order valence-electron chi connectivity index (χ3n) is 3.21. The third-order valence-corrected chi connectivity index (χ3v) is 4.31. The first-order valence-corrected chi connectivity index (χ1v) is 8.29. The molecule has 1 aromatic heterocycles. The standard InChI is InChI=1S/C18H19FN2O2S/c1-21(2)12-10-15(22)16-7-8-17(24-16)18(23)20-11-9-13-3-5-14(19)6-4-13/h3-8,10,12H,9,11H2,1-2H3,(H,20,23). The maximum Gasteiger partial charge on any atom is 0.261 e. The minimum atomic E-state index is -0.276. The van der Waals surface area contributed by atoms with Crippen LogP contribution < -0.4 is 5.32 Å². The molecule has 0 fully saturated rings. The minimum Gasteiger partial charge on any atom is -0.383 e. The summed E-state index contributed by atoms with van der Waals surface area (Å²) in [4.78, 5) is 26.8. The Morgan fingerprint density at radius 1 is 1.12 bits per heavy atom. The lowest BCUT2D eigenvalue weighted by Gasteiger charge is -2.04. The molecule has 1 aromatic carbocycles. The lowest BCUT2D eigenvalue weighted by Crippen LogP contribution is -2.24. The van der Waals surface area contributed by atoms with Gasteiger partial charge in [-0.2, -0.15) is 0 Å². The van der Waals surface area contributed by atoms with E-state index in [1.54, 1.807) is 35.4 Å². The van der Waals surface area contributed by atoms with Gasteiger partial charge in [-0.3, -0.25) is 9.59 Å². The summed E-state index contributed by atoms with van der Waals surface area (Å²) in [7, 11) is 3.66. The van der Waals surface area contributed by atoms with E-state index in [-0.39, 0.29) is 17.5 Å². The summed E-state index contributed by atoms with van der Waals surface area (Å²) in [6, 6.07) is 9.49. The van der Waals surface area contributed by atoms with E-state index in [0.29, 0.717) is 22.7 Å². The number of allylic oxidation sites excluding steroid dienone is 1. The van der Waals surface area contributed by atoms with Crippen LogP contribution >= 0.6 is 11.3 Å². The molecular formula is C18H19FN2O2S. The molecule has 2 rings (SSSR count). The van der Waals surface area contributed by atoms with E-state index in [1.807, 2.05) is 14.1 Å². The number of rotatable bonds is 7. The van der Waals surface area contributed by atoms with E-state index in [9.17, 15) is 14.0 Å². The van der Waals surface area contributed by atoms with Gasteiger partial charge in [0, 0.05) is 32.9 Å². The highest BCUT2D eigenvalue weighted by Crippen LogP contribution is 2.17. The van der Waals surface area contributed by atoms with Crippen molar-refractivity contribution in [3.05, 3.63) is 69.8 Å². The highest BCUT2D eigenvalue weighted by atomic mass is 32.1. The number of benzene rings is 1. The Kier molecular flexibility index (Phi) is 6.26. The molecule has 0 aliphatic carbocycles. The summed E-state index contributed by atoms with van der Waals surface area (Å²) in [6.45, 7) is 0.451. The van der Waals surface area contributed by atoms with Gasteiger partial charge in [0.2, 0.25) is 0 Å². The molecular weight excluding hydrogens is 327 g/mol. The molecule has 0 saturated carbocycles. The molecule has 0 spiro atoms. The van der Waals surface area contributed by atoms with Crippen molar-refractivity contribution in [2.24, 2.45) is 0 Å². The van der Waals surface area contributed by atoms with Gasteiger partial charge in [-0.05, 0) is 36.2 Å². The number of hydrogen-bond donors (Lipinski definition) is 1. The molecule has 0 unspecified atom stereocenters. The average Bonchev–Trinajstić information content (AvgIpc) is 3.04. The fraction of sp³-hybridized carbons (Fsp3) is 0.222. The van der Waals surface area contributed by atoms with Crippen molar-refractivity contribution in [3.63, 3.8) is 0 Å². The molecule has 2 aromatic rings. The summed E-state index contributed by atoms with van der Waals surface area (Å²) >= 11 is 1.17. The Bertz CT molecular complexity index is 736. The highest BCUT2D eigenvalue weighted by molar-refractivity contribution is 7.16. The van der Waals surface area contributed by atoms with E-state index in [4.69, 9.17) is 0 Å². The maximum atomic E-state index is 12.8. The number of amides is 1. The van der Waals surface area contributed by atoms with E-state index in [2.05, 4.69) is 5.32 Å². The largest absolute Gasteiger partial charge is 0.383 e. The van der Waals surface area contributed by atoms with Crippen molar-refractivity contribution in [2.75, 3.05) is 20.6 Å². The molecule has 1 heterocycles. The van der Waals surface area contributed by atoms with Gasteiger partial charge in [-0.25, -0.2) is 4.39 Å². The third kappa shape index (κ3) is 5.31. The Morgan fingerprint density at radius 2 is 1.79 bits per heavy atom. The van der Waals surface area contributed by atoms with Gasteiger partial charge in [0.15, 0.2) is 5.78 Å². The first-order chi connectivity index (χ1) is 11.5. The molecule has 0 saturated heterocycles. The predicted molar refractivity (Wildman–Crippen MR) is 93.9 cm³/mol. The number of ketones is 1. The van der Waals surface area contributed by atoms with Crippen LogP contribution in [0.5, 0.6) is 0 Å². The van der Waals surface area contributed by atoms with Crippen molar-refractivity contribution >= 4 is 23.0 Å². The molecule has 0 atom stereocenters. The molecule has 1 N–H and O–H groups in total. The molecule has 0 bridgehead atoms. The van der Waals surface area contributed by atoms with Gasteiger partial charge in [0.05, 0.1) is 9.75 Å². The summed E-state index contributed by atoms with van der Waals surface area (Å²) in [5, 5.41) is 2.80. The molecule has 0 radical (unpaired) electrons. The Labute approximate surface area is 144 Å². The maximum absolute atomic E-state index is 12.8. The van der Waals surface area contributed by atoms with Crippen LogP contribution in [-0.2, 0) is 6.42 Å². The number of thiophene rings is 1. The lowest BCUT2D eigenvalue weighted by molar-refractivity contribution is 0.0957. The second kappa shape index (κ2) is 8.40. The van der Waals surface area contributed by atoms with Gasteiger partial charge in [0.1, 0.15) is 5.82 Å². The number of carbonyl (C=O) groups excluding carboxylic acids is 2. The lowest BCUT2D eigenvalue weighted by atomic mass is 10.1. The summed E-state index contributed by atoms with van der Waals surface area (Å²) in [6.07, 6.45) is 3.77. The van der Waals surface area contributed by atoms with E-state index in [0.717, 1.165) is 5.56 Å². The quantitative estimate of drug-likeness (QED) is 0.619. The highest BCUT2D eigenvalue weighted by Gasteiger charge is 2.12. The van der Waals surface area contributed by atoms with Crippen molar-refractivity contribution in [3.8, 4) is 0 Å². The van der Waals surface area contributed by atoms with Gasteiger partial charge in [0.25, 0.3) is 5.91 Å². The van der Waals surface area contributed by atoms with Crippen molar-refractivity contribution in [2.45, 2.75) is 6.42 Å². The topological polar surface area (TPSA) is 49.4 Å². The average molecular weight is 346 g/mol. The second-order valence-electron chi connectivity index (χ2n) is 5.44. The van der Waals surface area contributed by atoms with E-state index in [1.165, 1.54) is 29.5 Å². The summed E-state index contributed by atoms with van der Waals surface area (Å²) in [5.41, 5.74) is 0.951. The molecule has 0 aliphatic heterocycles. The minimum absolute atomic E-state index is 0.126. The predicted octanol–water partition coefficient (Wildman–Crippen LogP) is 3.12. The van der Waals surface area contributed by atoms with Crippen molar-refractivity contribution in [1.29, 1.82) is 0 Å². The fourth-order valence-electron chi connectivity index (χ4n) is 1.95. The van der Waals surface area contributed by atoms with E-state index < -0.39 is 0 Å². The van der Waals surface area contributed by atoms with Gasteiger partial charge >= 0.3 is 0 Å². The van der Waals surface area contributed by atoms with Crippen LogP contribution in [0.25, 0.3) is 0 Å². The first-order valence-electron chi connectivity index (χ1n) is 7.47. The van der Waals surface area contributed by atoms with Crippen molar-refractivity contribution in [1.82, 2.24) is 10.2 Å². The Hall–Kier alpha value is -2.47. The number of halogens is 1. The zero-order valence-corrected chi connectivity index (χ0v) is 14.4. The fourth-order valence-corrected chi connectivity index (χ4v) is 2.79. The van der Waals surface area contributed by atoms with Gasteiger partial charge < -0.3 is 10.2 Å². The zero-order valence-electron chi connectivity index (χ0n) is 13.6. The normalized spacial score (nSPS) is 10.8. The molecule has 1 amide bonds. The molecule has 4 nitrogen and oxygen atoms in total. The summed E-state index contributed by atoms with van der Waals surface area (Å²) in [5.74, 6) is -0.612. The summed E-state index contributed by atoms with van der Waals surface area (Å²) < 4.78 is 12.8. The number of hydrogen-bond acceptors (Lipinski definition) is 4. The Morgan fingerprint density at radius 3 is 2.46 bits per heavy atom.